The van der Waals surface area contributed by atoms with Crippen molar-refractivity contribution >= 4 is 27.7 Å². The molecule has 0 aromatic heterocycles. The van der Waals surface area contributed by atoms with Gasteiger partial charge >= 0.3 is 0 Å². The number of primary sulfonamides is 1. The van der Waals surface area contributed by atoms with Crippen LogP contribution in [0, 0.1) is 0 Å². The van der Waals surface area contributed by atoms with Crippen molar-refractivity contribution in [3.63, 3.8) is 0 Å². The number of nitrogens with two attached hydrogens (primary N) is 1. The van der Waals surface area contributed by atoms with Crippen molar-refractivity contribution in [3.05, 3.63) is 59.7 Å². The third-order valence-electron chi connectivity index (χ3n) is 3.30. The van der Waals surface area contributed by atoms with E-state index in [1.165, 1.54) is 12.1 Å². The van der Waals surface area contributed by atoms with Gasteiger partial charge in [0.2, 0.25) is 10.0 Å². The largest absolute Gasteiger partial charge is 0.348 e. The van der Waals surface area contributed by atoms with Gasteiger partial charge in [-0.05, 0) is 42.0 Å². The van der Waals surface area contributed by atoms with E-state index in [4.69, 9.17) is 5.14 Å². The molecule has 0 spiro atoms. The summed E-state index contributed by atoms with van der Waals surface area (Å²) in [5.41, 5.74) is 1.45. The second-order valence-electron chi connectivity index (χ2n) is 5.22. The minimum absolute atomic E-state index is 0.0545. The molecule has 0 heterocycles. The molecule has 2 aromatic carbocycles. The van der Waals surface area contributed by atoms with E-state index >= 15 is 0 Å². The van der Waals surface area contributed by atoms with Crippen LogP contribution < -0.4 is 10.5 Å². The average molecular weight is 364 g/mol. The lowest BCUT2D eigenvalue weighted by atomic mass is 10.2. The lowest BCUT2D eigenvalue weighted by Gasteiger charge is -2.10. The van der Waals surface area contributed by atoms with E-state index in [9.17, 15) is 13.2 Å². The smallest absolute Gasteiger partial charge is 0.252 e. The van der Waals surface area contributed by atoms with Crippen LogP contribution in [-0.4, -0.2) is 20.1 Å². The fraction of sp³-hybridized carbons (Fsp3) is 0.235. The van der Waals surface area contributed by atoms with Gasteiger partial charge in [-0.25, -0.2) is 13.6 Å². The van der Waals surface area contributed by atoms with Gasteiger partial charge in [0.05, 0.1) is 10.5 Å². The summed E-state index contributed by atoms with van der Waals surface area (Å²) in [5.74, 6) is 0.809. The first-order valence-corrected chi connectivity index (χ1v) is 10.1. The molecule has 128 valence electrons. The Morgan fingerprint density at radius 1 is 1.12 bits per heavy atom. The molecular weight excluding hydrogens is 344 g/mol. The second-order valence-corrected chi connectivity index (χ2v) is 7.91. The zero-order chi connectivity index (χ0) is 17.6. The van der Waals surface area contributed by atoms with Gasteiger partial charge in [0, 0.05) is 11.4 Å². The average Bonchev–Trinajstić information content (AvgIpc) is 2.57. The van der Waals surface area contributed by atoms with Crippen molar-refractivity contribution in [1.82, 2.24) is 5.32 Å². The van der Waals surface area contributed by atoms with Crippen molar-refractivity contribution in [2.75, 3.05) is 5.75 Å². The van der Waals surface area contributed by atoms with Crippen LogP contribution in [0.4, 0.5) is 0 Å². The predicted molar refractivity (Wildman–Crippen MR) is 96.4 cm³/mol. The van der Waals surface area contributed by atoms with Gasteiger partial charge in [0.1, 0.15) is 0 Å². The third kappa shape index (κ3) is 5.09. The summed E-state index contributed by atoms with van der Waals surface area (Å²) >= 11 is 1.66. The Bertz CT molecular complexity index is 803. The molecule has 0 fully saturated rings. The standard InChI is InChI=1S/C17H20N2O3S2/c1-2-11-23-16-6-4-3-5-15(16)17(20)19-12-13-7-9-14(10-8-13)24(18,21)22/h3-10H,2,11-12H2,1H3,(H,19,20)(H2,18,21,22). The predicted octanol–water partition coefficient (Wildman–Crippen LogP) is 2.77. The second kappa shape index (κ2) is 8.32. The Morgan fingerprint density at radius 3 is 2.42 bits per heavy atom. The lowest BCUT2D eigenvalue weighted by Crippen LogP contribution is -2.23. The van der Waals surface area contributed by atoms with Crippen LogP contribution in [0.5, 0.6) is 0 Å². The van der Waals surface area contributed by atoms with Crippen molar-refractivity contribution < 1.29 is 13.2 Å². The van der Waals surface area contributed by atoms with Gasteiger partial charge in [0.15, 0.2) is 0 Å². The Labute approximate surface area is 146 Å². The Balaban J connectivity index is 2.03. The van der Waals surface area contributed by atoms with Crippen LogP contribution in [0.1, 0.15) is 29.3 Å². The Hall–Kier alpha value is -1.83. The van der Waals surface area contributed by atoms with E-state index in [0.29, 0.717) is 12.1 Å². The van der Waals surface area contributed by atoms with Crippen LogP contribution in [-0.2, 0) is 16.6 Å². The fourth-order valence-electron chi connectivity index (χ4n) is 2.07. The molecule has 5 nitrogen and oxygen atoms in total. The molecule has 2 aromatic rings. The first-order chi connectivity index (χ1) is 11.4. The van der Waals surface area contributed by atoms with Crippen LogP contribution in [0.25, 0.3) is 0 Å². The van der Waals surface area contributed by atoms with Crippen molar-refractivity contribution in [3.8, 4) is 0 Å². The van der Waals surface area contributed by atoms with Crippen molar-refractivity contribution in [1.29, 1.82) is 0 Å². The fourth-order valence-corrected chi connectivity index (χ4v) is 3.50. The quantitative estimate of drug-likeness (QED) is 0.739. The molecule has 0 aliphatic rings. The molecule has 3 N–H and O–H groups in total. The summed E-state index contributed by atoms with van der Waals surface area (Å²) in [6.45, 7) is 2.41. The number of amides is 1. The zero-order valence-electron chi connectivity index (χ0n) is 13.4. The number of carbonyl (C=O) groups excluding carboxylic acids is 1. The van der Waals surface area contributed by atoms with E-state index in [0.717, 1.165) is 22.6 Å². The molecule has 2 rings (SSSR count). The highest BCUT2D eigenvalue weighted by Crippen LogP contribution is 2.23. The van der Waals surface area contributed by atoms with Gasteiger partial charge in [-0.1, -0.05) is 31.2 Å². The summed E-state index contributed by atoms with van der Waals surface area (Å²) in [5, 5.41) is 7.92. The van der Waals surface area contributed by atoms with Gasteiger partial charge < -0.3 is 5.32 Å². The topological polar surface area (TPSA) is 89.3 Å². The molecule has 0 aliphatic carbocycles. The van der Waals surface area contributed by atoms with Gasteiger partial charge in [-0.2, -0.15) is 0 Å². The van der Waals surface area contributed by atoms with E-state index in [-0.39, 0.29) is 10.8 Å². The molecule has 0 aliphatic heterocycles. The Morgan fingerprint density at radius 2 is 1.79 bits per heavy atom. The van der Waals surface area contributed by atoms with E-state index in [2.05, 4.69) is 12.2 Å². The van der Waals surface area contributed by atoms with Gasteiger partial charge in [-0.15, -0.1) is 11.8 Å². The molecule has 0 radical (unpaired) electrons. The number of thioether (sulfide) groups is 1. The molecule has 0 bridgehead atoms. The highest BCUT2D eigenvalue weighted by molar-refractivity contribution is 7.99. The van der Waals surface area contributed by atoms with Crippen molar-refractivity contribution in [2.24, 2.45) is 5.14 Å². The number of carbonyl (C=O) groups is 1. The summed E-state index contributed by atoms with van der Waals surface area (Å²) in [6.07, 6.45) is 1.04. The number of rotatable bonds is 7. The molecule has 0 saturated heterocycles. The number of hydrogen-bond acceptors (Lipinski definition) is 4. The zero-order valence-corrected chi connectivity index (χ0v) is 15.0. The summed E-state index contributed by atoms with van der Waals surface area (Å²) in [4.78, 5) is 13.4. The maximum Gasteiger partial charge on any atom is 0.252 e. The molecule has 0 atom stereocenters. The third-order valence-corrected chi connectivity index (χ3v) is 5.51. The summed E-state index contributed by atoms with van der Waals surface area (Å²) < 4.78 is 22.4. The molecular formula is C17H20N2O3S2. The maximum atomic E-state index is 12.4. The number of nitrogens with one attached hydrogen (secondary N) is 1. The van der Waals surface area contributed by atoms with Crippen LogP contribution in [0.2, 0.25) is 0 Å². The molecule has 24 heavy (non-hydrogen) atoms. The molecule has 1 amide bonds. The monoisotopic (exact) mass is 364 g/mol. The summed E-state index contributed by atoms with van der Waals surface area (Å²) in [6, 6.07) is 13.6. The van der Waals surface area contributed by atoms with E-state index < -0.39 is 10.0 Å². The minimum Gasteiger partial charge on any atom is -0.348 e. The highest BCUT2D eigenvalue weighted by atomic mass is 32.2. The summed E-state index contributed by atoms with van der Waals surface area (Å²) in [7, 11) is -3.70. The Kier molecular flexibility index (Phi) is 6.42. The van der Waals surface area contributed by atoms with E-state index in [1.54, 1.807) is 30.0 Å². The molecule has 0 saturated carbocycles. The number of hydrogen-bond donors (Lipinski definition) is 2. The first-order valence-electron chi connectivity index (χ1n) is 7.53. The molecule has 0 unspecified atom stereocenters. The lowest BCUT2D eigenvalue weighted by molar-refractivity contribution is 0.0948. The van der Waals surface area contributed by atoms with Crippen molar-refractivity contribution in [2.45, 2.75) is 29.7 Å². The number of benzene rings is 2. The van der Waals surface area contributed by atoms with Gasteiger partial charge in [-0.3, -0.25) is 4.79 Å². The molecule has 7 heteroatoms. The minimum atomic E-state index is -3.70. The van der Waals surface area contributed by atoms with Crippen LogP contribution in [0.15, 0.2) is 58.3 Å². The number of sulfonamides is 1. The normalized spacial score (nSPS) is 11.2. The first kappa shape index (κ1) is 18.5. The SMILES string of the molecule is CCCSc1ccccc1C(=O)NCc1ccc(S(N)(=O)=O)cc1. The van der Waals surface area contributed by atoms with Crippen LogP contribution in [0.3, 0.4) is 0 Å². The van der Waals surface area contributed by atoms with E-state index in [1.807, 2.05) is 18.2 Å². The highest BCUT2D eigenvalue weighted by Gasteiger charge is 2.11. The van der Waals surface area contributed by atoms with Gasteiger partial charge in [0.25, 0.3) is 5.91 Å². The maximum absolute atomic E-state index is 12.4. The van der Waals surface area contributed by atoms with Crippen LogP contribution >= 0.6 is 11.8 Å².